The summed E-state index contributed by atoms with van der Waals surface area (Å²) >= 11 is 9.23. The predicted octanol–water partition coefficient (Wildman–Crippen LogP) is 5.06. The molecule has 0 saturated carbocycles. The predicted molar refractivity (Wildman–Crippen MR) is 89.5 cm³/mol. The number of anilines is 1. The zero-order valence-corrected chi connectivity index (χ0v) is 14.1. The fourth-order valence-corrected chi connectivity index (χ4v) is 2.76. The number of hydrogen-bond donors (Lipinski definition) is 1. The van der Waals surface area contributed by atoms with Crippen LogP contribution in [0, 0.1) is 6.92 Å². The lowest BCUT2D eigenvalue weighted by atomic mass is 10.1. The third-order valence-electron chi connectivity index (χ3n) is 2.93. The van der Waals surface area contributed by atoms with Crippen LogP contribution in [0.5, 0.6) is 5.75 Å². The number of carbonyl (C=O) groups excluding carboxylic acids is 1. The Morgan fingerprint density at radius 2 is 2.05 bits per heavy atom. The van der Waals surface area contributed by atoms with Crippen LogP contribution in [0.1, 0.15) is 22.8 Å². The van der Waals surface area contributed by atoms with E-state index in [-0.39, 0.29) is 5.91 Å². The van der Waals surface area contributed by atoms with Gasteiger partial charge in [0, 0.05) is 15.2 Å². The standard InChI is InChI=1S/C16H15BrClNO2/c1-3-21-12-5-7-15(10(2)8-12)19-16(20)13-6-4-11(18)9-14(13)17/h4-9H,3H2,1-2H3,(H,19,20). The van der Waals surface area contributed by atoms with Gasteiger partial charge in [0.15, 0.2) is 0 Å². The molecule has 0 aliphatic heterocycles. The summed E-state index contributed by atoms with van der Waals surface area (Å²) < 4.78 is 6.09. The van der Waals surface area contributed by atoms with Crippen molar-refractivity contribution in [2.45, 2.75) is 13.8 Å². The molecule has 0 heterocycles. The van der Waals surface area contributed by atoms with Crippen LogP contribution in [0.15, 0.2) is 40.9 Å². The lowest BCUT2D eigenvalue weighted by molar-refractivity contribution is 0.102. The highest BCUT2D eigenvalue weighted by atomic mass is 79.9. The van der Waals surface area contributed by atoms with E-state index in [1.54, 1.807) is 18.2 Å². The van der Waals surface area contributed by atoms with E-state index >= 15 is 0 Å². The molecule has 0 aliphatic carbocycles. The monoisotopic (exact) mass is 367 g/mol. The summed E-state index contributed by atoms with van der Waals surface area (Å²) in [5.41, 5.74) is 2.23. The van der Waals surface area contributed by atoms with Crippen LogP contribution in [-0.2, 0) is 0 Å². The molecule has 0 unspecified atom stereocenters. The summed E-state index contributed by atoms with van der Waals surface area (Å²) in [6, 6.07) is 10.6. The maximum Gasteiger partial charge on any atom is 0.256 e. The van der Waals surface area contributed by atoms with Crippen molar-refractivity contribution in [3.63, 3.8) is 0 Å². The summed E-state index contributed by atoms with van der Waals surface area (Å²) in [6.07, 6.45) is 0. The minimum Gasteiger partial charge on any atom is -0.494 e. The van der Waals surface area contributed by atoms with Crippen molar-refractivity contribution in [2.24, 2.45) is 0 Å². The molecule has 1 N–H and O–H groups in total. The van der Waals surface area contributed by atoms with Crippen molar-refractivity contribution in [3.8, 4) is 5.75 Å². The molecule has 0 bridgehead atoms. The van der Waals surface area contributed by atoms with Gasteiger partial charge < -0.3 is 10.1 Å². The third-order valence-corrected chi connectivity index (χ3v) is 3.82. The Kier molecular flexibility index (Phi) is 5.26. The largest absolute Gasteiger partial charge is 0.494 e. The first-order valence-corrected chi connectivity index (χ1v) is 7.68. The van der Waals surface area contributed by atoms with Gasteiger partial charge in [-0.3, -0.25) is 4.79 Å². The Labute approximate surface area is 137 Å². The Morgan fingerprint density at radius 3 is 2.67 bits per heavy atom. The zero-order valence-electron chi connectivity index (χ0n) is 11.7. The number of carbonyl (C=O) groups is 1. The molecule has 110 valence electrons. The van der Waals surface area contributed by atoms with Crippen LogP contribution in [0.2, 0.25) is 5.02 Å². The van der Waals surface area contributed by atoms with Crippen LogP contribution in [0.3, 0.4) is 0 Å². The van der Waals surface area contributed by atoms with Gasteiger partial charge in [0.25, 0.3) is 5.91 Å². The van der Waals surface area contributed by atoms with E-state index in [4.69, 9.17) is 16.3 Å². The second-order valence-corrected chi connectivity index (χ2v) is 5.78. The normalized spacial score (nSPS) is 10.3. The molecule has 0 aromatic heterocycles. The SMILES string of the molecule is CCOc1ccc(NC(=O)c2ccc(Cl)cc2Br)c(C)c1. The maximum absolute atomic E-state index is 12.3. The first kappa shape index (κ1) is 15.9. The Morgan fingerprint density at radius 1 is 1.29 bits per heavy atom. The summed E-state index contributed by atoms with van der Waals surface area (Å²) in [5, 5.41) is 3.47. The molecule has 0 atom stereocenters. The van der Waals surface area contributed by atoms with E-state index in [2.05, 4.69) is 21.2 Å². The van der Waals surface area contributed by atoms with Crippen molar-refractivity contribution in [2.75, 3.05) is 11.9 Å². The van der Waals surface area contributed by atoms with Gasteiger partial charge >= 0.3 is 0 Å². The molecular formula is C16H15BrClNO2. The lowest BCUT2D eigenvalue weighted by Gasteiger charge is -2.11. The van der Waals surface area contributed by atoms with E-state index < -0.39 is 0 Å². The van der Waals surface area contributed by atoms with Crippen LogP contribution < -0.4 is 10.1 Å². The first-order chi connectivity index (χ1) is 10.0. The van der Waals surface area contributed by atoms with Crippen molar-refractivity contribution in [3.05, 3.63) is 57.0 Å². The highest BCUT2D eigenvalue weighted by Gasteiger charge is 2.12. The number of nitrogens with one attached hydrogen (secondary N) is 1. The first-order valence-electron chi connectivity index (χ1n) is 6.51. The number of ether oxygens (including phenoxy) is 1. The van der Waals surface area contributed by atoms with E-state index in [1.807, 2.05) is 32.0 Å². The fourth-order valence-electron chi connectivity index (χ4n) is 1.90. The molecule has 0 saturated heterocycles. The molecule has 2 rings (SSSR count). The highest BCUT2D eigenvalue weighted by molar-refractivity contribution is 9.10. The van der Waals surface area contributed by atoms with E-state index in [1.165, 1.54) is 0 Å². The van der Waals surface area contributed by atoms with Crippen molar-refractivity contribution >= 4 is 39.1 Å². The number of rotatable bonds is 4. The highest BCUT2D eigenvalue weighted by Crippen LogP contribution is 2.25. The summed E-state index contributed by atoms with van der Waals surface area (Å²) in [6.45, 7) is 4.47. The number of halogens is 2. The number of hydrogen-bond acceptors (Lipinski definition) is 2. The maximum atomic E-state index is 12.3. The van der Waals surface area contributed by atoms with Crippen molar-refractivity contribution in [1.82, 2.24) is 0 Å². The zero-order chi connectivity index (χ0) is 15.4. The van der Waals surface area contributed by atoms with Crippen LogP contribution >= 0.6 is 27.5 Å². The molecule has 0 fully saturated rings. The van der Waals surface area contributed by atoms with Crippen molar-refractivity contribution < 1.29 is 9.53 Å². The molecule has 3 nitrogen and oxygen atoms in total. The smallest absolute Gasteiger partial charge is 0.256 e. The molecule has 0 spiro atoms. The van der Waals surface area contributed by atoms with Crippen LogP contribution in [-0.4, -0.2) is 12.5 Å². The average molecular weight is 369 g/mol. The van der Waals surface area contributed by atoms with Crippen LogP contribution in [0.25, 0.3) is 0 Å². The van der Waals surface area contributed by atoms with Crippen molar-refractivity contribution in [1.29, 1.82) is 0 Å². The number of amides is 1. The Balaban J connectivity index is 2.19. The molecule has 21 heavy (non-hydrogen) atoms. The Hall–Kier alpha value is -1.52. The lowest BCUT2D eigenvalue weighted by Crippen LogP contribution is -2.13. The molecular weight excluding hydrogens is 354 g/mol. The van der Waals surface area contributed by atoms with Gasteiger partial charge in [-0.2, -0.15) is 0 Å². The summed E-state index contributed by atoms with van der Waals surface area (Å²) in [4.78, 5) is 12.3. The van der Waals surface area contributed by atoms with Gasteiger partial charge in [-0.05, 0) is 71.7 Å². The molecule has 0 aliphatic rings. The van der Waals surface area contributed by atoms with E-state index in [9.17, 15) is 4.79 Å². The molecule has 2 aromatic carbocycles. The van der Waals surface area contributed by atoms with Gasteiger partial charge in [0.1, 0.15) is 5.75 Å². The Bertz CT molecular complexity index is 673. The fraction of sp³-hybridized carbons (Fsp3) is 0.188. The van der Waals surface area contributed by atoms with Gasteiger partial charge in [0.05, 0.1) is 12.2 Å². The van der Waals surface area contributed by atoms with Gasteiger partial charge in [-0.25, -0.2) is 0 Å². The minimum atomic E-state index is -0.189. The van der Waals surface area contributed by atoms with E-state index in [0.717, 1.165) is 17.0 Å². The quantitative estimate of drug-likeness (QED) is 0.819. The molecule has 1 amide bonds. The topological polar surface area (TPSA) is 38.3 Å². The number of aryl methyl sites for hydroxylation is 1. The van der Waals surface area contributed by atoms with Crippen LogP contribution in [0.4, 0.5) is 5.69 Å². The number of benzene rings is 2. The third kappa shape index (κ3) is 3.99. The van der Waals surface area contributed by atoms with Gasteiger partial charge in [0.2, 0.25) is 0 Å². The molecule has 2 aromatic rings. The summed E-state index contributed by atoms with van der Waals surface area (Å²) in [5.74, 6) is 0.603. The second-order valence-electron chi connectivity index (χ2n) is 4.49. The second kappa shape index (κ2) is 6.96. The van der Waals surface area contributed by atoms with Gasteiger partial charge in [-0.15, -0.1) is 0 Å². The average Bonchev–Trinajstić information content (AvgIpc) is 2.42. The van der Waals surface area contributed by atoms with E-state index in [0.29, 0.717) is 21.7 Å². The minimum absolute atomic E-state index is 0.189. The molecule has 5 heteroatoms. The van der Waals surface area contributed by atoms with Gasteiger partial charge in [-0.1, -0.05) is 11.6 Å². The molecule has 0 radical (unpaired) electrons. The summed E-state index contributed by atoms with van der Waals surface area (Å²) in [7, 11) is 0.